The van der Waals surface area contributed by atoms with Crippen molar-refractivity contribution in [3.63, 3.8) is 0 Å². The summed E-state index contributed by atoms with van der Waals surface area (Å²) in [6, 6.07) is 10.2. The van der Waals surface area contributed by atoms with Gasteiger partial charge in [-0.3, -0.25) is 10.00 Å². The average Bonchev–Trinajstić information content (AvgIpc) is 3.33. The first kappa shape index (κ1) is 16.3. The van der Waals surface area contributed by atoms with Crippen LogP contribution in [0, 0.1) is 0 Å². The maximum absolute atomic E-state index is 5.96. The van der Waals surface area contributed by atoms with Crippen LogP contribution < -0.4 is 5.32 Å². The van der Waals surface area contributed by atoms with Gasteiger partial charge in [-0.25, -0.2) is 4.98 Å². The molecule has 0 radical (unpaired) electrons. The molecule has 1 aliphatic heterocycles. The number of hydrogen-bond donors (Lipinski definition) is 2. The Morgan fingerprint density at radius 3 is 3.16 bits per heavy atom. The maximum atomic E-state index is 5.96. The highest BCUT2D eigenvalue weighted by molar-refractivity contribution is 7.13. The number of H-pyrrole nitrogens is 1. The molecule has 2 N–H and O–H groups in total. The predicted octanol–water partition coefficient (Wildman–Crippen LogP) is 3.15. The largest absolute Gasteiger partial charge is 0.373 e. The molecule has 1 aliphatic rings. The van der Waals surface area contributed by atoms with Crippen molar-refractivity contribution >= 4 is 17.2 Å². The van der Waals surface area contributed by atoms with E-state index in [4.69, 9.17) is 4.74 Å². The van der Waals surface area contributed by atoms with Gasteiger partial charge in [-0.1, -0.05) is 12.1 Å². The molecular weight excluding hydrogens is 334 g/mol. The van der Waals surface area contributed by atoms with Gasteiger partial charge in [0.1, 0.15) is 11.9 Å². The fourth-order valence-electron chi connectivity index (χ4n) is 3.10. The van der Waals surface area contributed by atoms with E-state index in [2.05, 4.69) is 42.9 Å². The number of aromatic nitrogens is 3. The number of ether oxygens (including phenoxy) is 1. The lowest BCUT2D eigenvalue weighted by Crippen LogP contribution is -2.38. The quantitative estimate of drug-likeness (QED) is 0.736. The number of rotatable bonds is 5. The Bertz CT molecular complexity index is 817. The maximum Gasteiger partial charge on any atom is 0.126 e. The smallest absolute Gasteiger partial charge is 0.126 e. The summed E-state index contributed by atoms with van der Waals surface area (Å²) in [5.41, 5.74) is 3.32. The molecule has 3 aromatic rings. The Morgan fingerprint density at radius 1 is 1.36 bits per heavy atom. The number of aromatic amines is 1. The van der Waals surface area contributed by atoms with E-state index in [9.17, 15) is 0 Å². The van der Waals surface area contributed by atoms with Gasteiger partial charge >= 0.3 is 0 Å². The Balaban J connectivity index is 1.48. The van der Waals surface area contributed by atoms with Crippen LogP contribution in [0.25, 0.3) is 10.6 Å². The van der Waals surface area contributed by atoms with Crippen LogP contribution in [0.15, 0.2) is 41.9 Å². The molecule has 0 bridgehead atoms. The Morgan fingerprint density at radius 2 is 2.32 bits per heavy atom. The third kappa shape index (κ3) is 3.58. The molecule has 6 nitrogen and oxygen atoms in total. The Labute approximate surface area is 150 Å². The summed E-state index contributed by atoms with van der Waals surface area (Å²) in [7, 11) is 1.88. The zero-order valence-electron chi connectivity index (χ0n) is 14.1. The van der Waals surface area contributed by atoms with Gasteiger partial charge in [-0.2, -0.15) is 5.10 Å². The summed E-state index contributed by atoms with van der Waals surface area (Å²) in [5, 5.41) is 12.6. The van der Waals surface area contributed by atoms with E-state index in [1.807, 2.05) is 31.4 Å². The summed E-state index contributed by atoms with van der Waals surface area (Å²) in [6.07, 6.45) is 1.93. The van der Waals surface area contributed by atoms with E-state index >= 15 is 0 Å². The number of hydrogen-bond acceptors (Lipinski definition) is 6. The lowest BCUT2D eigenvalue weighted by Gasteiger charge is -2.32. The molecule has 0 spiro atoms. The minimum absolute atomic E-state index is 0.000797. The molecule has 0 amide bonds. The van der Waals surface area contributed by atoms with Gasteiger partial charge in [-0.15, -0.1) is 11.3 Å². The zero-order valence-corrected chi connectivity index (χ0v) is 14.9. The van der Waals surface area contributed by atoms with Crippen LogP contribution in [0.5, 0.6) is 0 Å². The number of pyridine rings is 1. The SMILES string of the molecule is CNc1cccc([C@@H]2CN(Cc3cn[nH]c3-c3cccs3)CCO2)n1. The molecule has 0 aromatic carbocycles. The minimum Gasteiger partial charge on any atom is -0.373 e. The van der Waals surface area contributed by atoms with Crippen LogP contribution in [0.3, 0.4) is 0 Å². The van der Waals surface area contributed by atoms with Crippen molar-refractivity contribution in [2.45, 2.75) is 12.6 Å². The summed E-state index contributed by atoms with van der Waals surface area (Å²) >= 11 is 1.73. The molecule has 1 saturated heterocycles. The van der Waals surface area contributed by atoms with Crippen LogP contribution in [0.1, 0.15) is 17.4 Å². The zero-order chi connectivity index (χ0) is 17.1. The second-order valence-electron chi connectivity index (χ2n) is 6.04. The Kier molecular flexibility index (Phi) is 4.78. The van der Waals surface area contributed by atoms with Gasteiger partial charge in [0.15, 0.2) is 0 Å². The fourth-order valence-corrected chi connectivity index (χ4v) is 3.86. The first-order valence-corrected chi connectivity index (χ1v) is 9.26. The summed E-state index contributed by atoms with van der Waals surface area (Å²) in [5.74, 6) is 0.869. The minimum atomic E-state index is -0.000797. The molecule has 3 aromatic heterocycles. The van der Waals surface area contributed by atoms with Crippen LogP contribution in [0.2, 0.25) is 0 Å². The lowest BCUT2D eigenvalue weighted by atomic mass is 10.1. The van der Waals surface area contributed by atoms with Gasteiger partial charge < -0.3 is 10.1 Å². The van der Waals surface area contributed by atoms with Crippen molar-refractivity contribution in [2.75, 3.05) is 32.1 Å². The second-order valence-corrected chi connectivity index (χ2v) is 6.99. The number of nitrogens with one attached hydrogen (secondary N) is 2. The van der Waals surface area contributed by atoms with E-state index in [1.165, 1.54) is 10.4 Å². The van der Waals surface area contributed by atoms with E-state index in [0.29, 0.717) is 6.61 Å². The highest BCUT2D eigenvalue weighted by Crippen LogP contribution is 2.28. The molecule has 4 heterocycles. The van der Waals surface area contributed by atoms with Crippen molar-refractivity contribution < 1.29 is 4.74 Å². The summed E-state index contributed by atoms with van der Waals surface area (Å²) in [4.78, 5) is 8.25. The first-order chi connectivity index (χ1) is 12.3. The summed E-state index contributed by atoms with van der Waals surface area (Å²) in [6.45, 7) is 3.31. The topological polar surface area (TPSA) is 66.1 Å². The van der Waals surface area contributed by atoms with Crippen molar-refractivity contribution in [3.8, 4) is 10.6 Å². The van der Waals surface area contributed by atoms with Gasteiger partial charge in [0.05, 0.1) is 29.1 Å². The summed E-state index contributed by atoms with van der Waals surface area (Å²) < 4.78 is 5.96. The van der Waals surface area contributed by atoms with Crippen LogP contribution in [-0.4, -0.2) is 46.8 Å². The van der Waals surface area contributed by atoms with Gasteiger partial charge in [0.25, 0.3) is 0 Å². The molecule has 25 heavy (non-hydrogen) atoms. The normalized spacial score (nSPS) is 18.4. The number of nitrogens with zero attached hydrogens (tertiary/aromatic N) is 3. The average molecular weight is 355 g/mol. The molecular formula is C18H21N5OS. The van der Waals surface area contributed by atoms with Crippen LogP contribution in [-0.2, 0) is 11.3 Å². The van der Waals surface area contributed by atoms with E-state index in [-0.39, 0.29) is 6.10 Å². The molecule has 0 saturated carbocycles. The molecule has 1 atom stereocenters. The predicted molar refractivity (Wildman–Crippen MR) is 99.7 cm³/mol. The number of anilines is 1. The molecule has 7 heteroatoms. The van der Waals surface area contributed by atoms with E-state index in [1.54, 1.807) is 11.3 Å². The van der Waals surface area contributed by atoms with E-state index < -0.39 is 0 Å². The number of morpholine rings is 1. The molecule has 4 rings (SSSR count). The van der Waals surface area contributed by atoms with Crippen molar-refractivity contribution in [1.82, 2.24) is 20.1 Å². The van der Waals surface area contributed by atoms with Crippen LogP contribution in [0.4, 0.5) is 5.82 Å². The third-order valence-corrected chi connectivity index (χ3v) is 5.27. The number of thiophene rings is 1. The van der Waals surface area contributed by atoms with Gasteiger partial charge in [-0.05, 0) is 23.6 Å². The van der Waals surface area contributed by atoms with Crippen LogP contribution >= 0.6 is 11.3 Å². The monoisotopic (exact) mass is 355 g/mol. The van der Waals surface area contributed by atoms with Crippen molar-refractivity contribution in [3.05, 3.63) is 53.2 Å². The molecule has 130 valence electrons. The molecule has 0 aliphatic carbocycles. The fraction of sp³-hybridized carbons (Fsp3) is 0.333. The van der Waals surface area contributed by atoms with E-state index in [0.717, 1.165) is 36.8 Å². The Hall–Kier alpha value is -2.22. The lowest BCUT2D eigenvalue weighted by molar-refractivity contribution is -0.0348. The van der Waals surface area contributed by atoms with Gasteiger partial charge in [0, 0.05) is 32.2 Å². The van der Waals surface area contributed by atoms with Crippen molar-refractivity contribution in [2.24, 2.45) is 0 Å². The highest BCUT2D eigenvalue weighted by atomic mass is 32.1. The third-order valence-electron chi connectivity index (χ3n) is 4.39. The molecule has 1 fully saturated rings. The van der Waals surface area contributed by atoms with Crippen molar-refractivity contribution in [1.29, 1.82) is 0 Å². The standard InChI is InChI=1S/C18H21N5OS/c1-19-17-6-2-4-14(21-17)15-12-23(7-8-24-15)11-13-10-20-22-18(13)16-5-3-9-25-16/h2-6,9-10,15H,7-8,11-12H2,1H3,(H,19,21)(H,20,22)/t15-/m0/s1. The highest BCUT2D eigenvalue weighted by Gasteiger charge is 2.24. The second kappa shape index (κ2) is 7.35. The first-order valence-electron chi connectivity index (χ1n) is 8.38. The van der Waals surface area contributed by atoms with Gasteiger partial charge in [0.2, 0.25) is 0 Å². The molecule has 0 unspecified atom stereocenters.